The smallest absolute Gasteiger partial charge is 0.0957 e. The van der Waals surface area contributed by atoms with E-state index in [1.807, 2.05) is 13.0 Å². The van der Waals surface area contributed by atoms with Gasteiger partial charge >= 0.3 is 0 Å². The average Bonchev–Trinajstić information content (AvgIpc) is 2.69. The van der Waals surface area contributed by atoms with E-state index in [1.165, 1.54) is 0 Å². The van der Waals surface area contributed by atoms with E-state index >= 15 is 0 Å². The van der Waals surface area contributed by atoms with Gasteiger partial charge in [-0.25, -0.2) is 0 Å². The third kappa shape index (κ3) is 1.94. The Morgan fingerprint density at radius 3 is 3.07 bits per heavy atom. The standard InChI is InChI=1S/C11H16N2O/c1-8-5-9(7-12-6-8)11(14)10-3-2-4-13-10/h5-7,10-11,13-14H,2-4H2,1H3/t10-,11?/m1/s1. The quantitative estimate of drug-likeness (QED) is 0.739. The second-order valence-electron chi connectivity index (χ2n) is 3.94. The summed E-state index contributed by atoms with van der Waals surface area (Å²) in [6, 6.07) is 2.20. The topological polar surface area (TPSA) is 45.2 Å². The molecule has 2 atom stereocenters. The molecule has 0 radical (unpaired) electrons. The molecule has 0 aromatic carbocycles. The van der Waals surface area contributed by atoms with Gasteiger partial charge in [-0.15, -0.1) is 0 Å². The van der Waals surface area contributed by atoms with E-state index in [-0.39, 0.29) is 6.04 Å². The van der Waals surface area contributed by atoms with Gasteiger partial charge in [-0.05, 0) is 31.9 Å². The molecule has 14 heavy (non-hydrogen) atoms. The fourth-order valence-corrected chi connectivity index (χ4v) is 1.95. The van der Waals surface area contributed by atoms with Crippen LogP contribution in [0.1, 0.15) is 30.1 Å². The van der Waals surface area contributed by atoms with Gasteiger partial charge in [0.2, 0.25) is 0 Å². The molecule has 3 nitrogen and oxygen atoms in total. The van der Waals surface area contributed by atoms with Crippen molar-refractivity contribution in [2.45, 2.75) is 31.9 Å². The Kier molecular flexibility index (Phi) is 2.79. The molecule has 1 aromatic heterocycles. The molecule has 2 rings (SSSR count). The summed E-state index contributed by atoms with van der Waals surface area (Å²) in [6.07, 6.45) is 5.34. The highest BCUT2D eigenvalue weighted by Crippen LogP contribution is 2.22. The number of hydrogen-bond donors (Lipinski definition) is 2. The fraction of sp³-hybridized carbons (Fsp3) is 0.545. The average molecular weight is 192 g/mol. The number of nitrogens with zero attached hydrogens (tertiary/aromatic N) is 1. The Morgan fingerprint density at radius 1 is 1.57 bits per heavy atom. The van der Waals surface area contributed by atoms with Crippen molar-refractivity contribution in [1.82, 2.24) is 10.3 Å². The van der Waals surface area contributed by atoms with Gasteiger partial charge < -0.3 is 10.4 Å². The summed E-state index contributed by atoms with van der Waals surface area (Å²) in [6.45, 7) is 3.01. The van der Waals surface area contributed by atoms with Gasteiger partial charge in [0.25, 0.3) is 0 Å². The highest BCUT2D eigenvalue weighted by molar-refractivity contribution is 5.20. The monoisotopic (exact) mass is 192 g/mol. The SMILES string of the molecule is Cc1cncc(C(O)[C@H]2CCCN2)c1. The second-order valence-corrected chi connectivity index (χ2v) is 3.94. The minimum Gasteiger partial charge on any atom is -0.387 e. The predicted molar refractivity (Wildman–Crippen MR) is 55.0 cm³/mol. The molecule has 1 aliphatic heterocycles. The van der Waals surface area contributed by atoms with Crippen LogP contribution >= 0.6 is 0 Å². The summed E-state index contributed by atoms with van der Waals surface area (Å²) in [5, 5.41) is 13.3. The molecule has 1 aromatic rings. The van der Waals surface area contributed by atoms with E-state index in [0.29, 0.717) is 0 Å². The Hall–Kier alpha value is -0.930. The first-order valence-corrected chi connectivity index (χ1v) is 5.10. The first-order valence-electron chi connectivity index (χ1n) is 5.10. The predicted octanol–water partition coefficient (Wildman–Crippen LogP) is 1.18. The van der Waals surface area contributed by atoms with Gasteiger partial charge in [0.05, 0.1) is 6.10 Å². The molecule has 2 N–H and O–H groups in total. The van der Waals surface area contributed by atoms with Gasteiger partial charge in [0, 0.05) is 24.0 Å². The van der Waals surface area contributed by atoms with Crippen molar-refractivity contribution in [1.29, 1.82) is 0 Å². The largest absolute Gasteiger partial charge is 0.387 e. The number of aliphatic hydroxyl groups is 1. The summed E-state index contributed by atoms with van der Waals surface area (Å²) in [5.74, 6) is 0. The normalized spacial score (nSPS) is 23.7. The number of aliphatic hydroxyl groups excluding tert-OH is 1. The highest BCUT2D eigenvalue weighted by atomic mass is 16.3. The Balaban J connectivity index is 2.13. The van der Waals surface area contributed by atoms with Crippen LogP contribution in [-0.4, -0.2) is 22.7 Å². The van der Waals surface area contributed by atoms with E-state index in [4.69, 9.17) is 0 Å². The third-order valence-electron chi connectivity index (χ3n) is 2.72. The van der Waals surface area contributed by atoms with Crippen LogP contribution < -0.4 is 5.32 Å². The summed E-state index contributed by atoms with van der Waals surface area (Å²) in [4.78, 5) is 4.09. The maximum Gasteiger partial charge on any atom is 0.0957 e. The molecule has 3 heteroatoms. The van der Waals surface area contributed by atoms with Crippen LogP contribution in [0.25, 0.3) is 0 Å². The summed E-state index contributed by atoms with van der Waals surface area (Å²) in [7, 11) is 0. The van der Waals surface area contributed by atoms with Crippen LogP contribution in [0.2, 0.25) is 0 Å². The number of hydrogen-bond acceptors (Lipinski definition) is 3. The molecule has 76 valence electrons. The molecule has 2 heterocycles. The Morgan fingerprint density at radius 2 is 2.43 bits per heavy atom. The molecule has 0 amide bonds. The summed E-state index contributed by atoms with van der Waals surface area (Å²) >= 11 is 0. The van der Waals surface area contributed by atoms with Crippen LogP contribution in [0, 0.1) is 6.92 Å². The van der Waals surface area contributed by atoms with E-state index in [9.17, 15) is 5.11 Å². The minimum absolute atomic E-state index is 0.207. The molecule has 1 saturated heterocycles. The van der Waals surface area contributed by atoms with Gasteiger partial charge in [-0.2, -0.15) is 0 Å². The second kappa shape index (κ2) is 4.07. The lowest BCUT2D eigenvalue weighted by atomic mass is 10.0. The molecule has 1 fully saturated rings. The lowest BCUT2D eigenvalue weighted by Gasteiger charge is -2.18. The first kappa shape index (κ1) is 9.62. The Labute approximate surface area is 84.2 Å². The number of rotatable bonds is 2. The molecule has 0 spiro atoms. The maximum atomic E-state index is 10.0. The lowest BCUT2D eigenvalue weighted by molar-refractivity contribution is 0.137. The zero-order valence-corrected chi connectivity index (χ0v) is 8.40. The van der Waals surface area contributed by atoms with E-state index in [0.717, 1.165) is 30.5 Å². The van der Waals surface area contributed by atoms with Gasteiger partial charge in [-0.1, -0.05) is 6.07 Å². The van der Waals surface area contributed by atoms with Crippen LogP contribution in [0.4, 0.5) is 0 Å². The number of aryl methyl sites for hydroxylation is 1. The van der Waals surface area contributed by atoms with Crippen molar-refractivity contribution in [3.05, 3.63) is 29.6 Å². The van der Waals surface area contributed by atoms with Crippen molar-refractivity contribution in [3.8, 4) is 0 Å². The maximum absolute atomic E-state index is 10.0. The Bertz CT molecular complexity index is 308. The molecular weight excluding hydrogens is 176 g/mol. The van der Waals surface area contributed by atoms with Gasteiger partial charge in [0.15, 0.2) is 0 Å². The van der Waals surface area contributed by atoms with Crippen LogP contribution in [0.5, 0.6) is 0 Å². The molecule has 0 aliphatic carbocycles. The minimum atomic E-state index is -0.412. The molecular formula is C11H16N2O. The molecule has 0 bridgehead atoms. The van der Waals surface area contributed by atoms with E-state index in [2.05, 4.69) is 10.3 Å². The molecule has 0 saturated carbocycles. The zero-order chi connectivity index (χ0) is 9.97. The highest BCUT2D eigenvalue weighted by Gasteiger charge is 2.23. The molecule has 1 aliphatic rings. The van der Waals surface area contributed by atoms with Crippen molar-refractivity contribution in [3.63, 3.8) is 0 Å². The summed E-state index contributed by atoms with van der Waals surface area (Å²) in [5.41, 5.74) is 2.02. The van der Waals surface area contributed by atoms with Crippen molar-refractivity contribution >= 4 is 0 Å². The van der Waals surface area contributed by atoms with Gasteiger partial charge in [0.1, 0.15) is 0 Å². The van der Waals surface area contributed by atoms with Crippen molar-refractivity contribution in [2.75, 3.05) is 6.54 Å². The van der Waals surface area contributed by atoms with Crippen LogP contribution in [0.15, 0.2) is 18.5 Å². The van der Waals surface area contributed by atoms with Crippen molar-refractivity contribution in [2.24, 2.45) is 0 Å². The third-order valence-corrected chi connectivity index (χ3v) is 2.72. The number of nitrogens with one attached hydrogen (secondary N) is 1. The summed E-state index contributed by atoms with van der Waals surface area (Å²) < 4.78 is 0. The van der Waals surface area contributed by atoms with Crippen LogP contribution in [0.3, 0.4) is 0 Å². The fourth-order valence-electron chi connectivity index (χ4n) is 1.95. The lowest BCUT2D eigenvalue weighted by Crippen LogP contribution is -2.28. The van der Waals surface area contributed by atoms with E-state index in [1.54, 1.807) is 12.4 Å². The van der Waals surface area contributed by atoms with Crippen molar-refractivity contribution < 1.29 is 5.11 Å². The number of pyridine rings is 1. The molecule has 1 unspecified atom stereocenters. The zero-order valence-electron chi connectivity index (χ0n) is 8.40. The first-order chi connectivity index (χ1) is 6.77. The number of aromatic nitrogens is 1. The van der Waals surface area contributed by atoms with Gasteiger partial charge in [-0.3, -0.25) is 4.98 Å². The van der Waals surface area contributed by atoms with Crippen LogP contribution in [-0.2, 0) is 0 Å². The van der Waals surface area contributed by atoms with E-state index < -0.39 is 6.10 Å².